The standard InChI is InChI=1S/C14H24N2/c1-3-15-12(2)14-8-9-16(11-14)10-13-6-4-5-7-13/h8-9,11-13,15H,3-7,10H2,1-2H3. The summed E-state index contributed by atoms with van der Waals surface area (Å²) in [6.45, 7) is 6.65. The van der Waals surface area contributed by atoms with Gasteiger partial charge in [0.15, 0.2) is 0 Å². The summed E-state index contributed by atoms with van der Waals surface area (Å²) in [5.41, 5.74) is 1.42. The first kappa shape index (κ1) is 11.7. The SMILES string of the molecule is CCNC(C)c1ccn(CC2CCCC2)c1. The van der Waals surface area contributed by atoms with Gasteiger partial charge in [-0.05, 0) is 43.9 Å². The maximum absolute atomic E-state index is 3.46. The van der Waals surface area contributed by atoms with E-state index in [1.807, 2.05) is 0 Å². The minimum atomic E-state index is 0.481. The fraction of sp³-hybridized carbons (Fsp3) is 0.714. The van der Waals surface area contributed by atoms with Crippen LogP contribution < -0.4 is 5.32 Å². The third-order valence-electron chi connectivity index (χ3n) is 3.73. The summed E-state index contributed by atoms with van der Waals surface area (Å²) in [5.74, 6) is 0.926. The number of rotatable bonds is 5. The van der Waals surface area contributed by atoms with Gasteiger partial charge in [0.1, 0.15) is 0 Å². The zero-order chi connectivity index (χ0) is 11.4. The van der Waals surface area contributed by atoms with Crippen molar-refractivity contribution in [2.24, 2.45) is 5.92 Å². The predicted molar refractivity (Wildman–Crippen MR) is 68.5 cm³/mol. The molecule has 0 radical (unpaired) electrons. The third-order valence-corrected chi connectivity index (χ3v) is 3.73. The van der Waals surface area contributed by atoms with Crippen LogP contribution in [0.1, 0.15) is 51.1 Å². The number of aromatic nitrogens is 1. The van der Waals surface area contributed by atoms with Crippen LogP contribution in [0.5, 0.6) is 0 Å². The molecule has 0 spiro atoms. The van der Waals surface area contributed by atoms with E-state index in [1.54, 1.807) is 0 Å². The molecular weight excluding hydrogens is 196 g/mol. The monoisotopic (exact) mass is 220 g/mol. The Morgan fingerprint density at radius 1 is 1.44 bits per heavy atom. The highest BCUT2D eigenvalue weighted by molar-refractivity contribution is 5.14. The van der Waals surface area contributed by atoms with Gasteiger partial charge in [-0.3, -0.25) is 0 Å². The van der Waals surface area contributed by atoms with Crippen LogP contribution in [0.2, 0.25) is 0 Å². The Hall–Kier alpha value is -0.760. The van der Waals surface area contributed by atoms with Gasteiger partial charge in [-0.15, -0.1) is 0 Å². The van der Waals surface area contributed by atoms with Crippen LogP contribution in [-0.4, -0.2) is 11.1 Å². The van der Waals surface area contributed by atoms with Crippen LogP contribution >= 0.6 is 0 Å². The third kappa shape index (κ3) is 2.88. The highest BCUT2D eigenvalue weighted by Crippen LogP contribution is 2.26. The molecule has 2 heteroatoms. The van der Waals surface area contributed by atoms with Gasteiger partial charge in [0, 0.05) is 25.0 Å². The second kappa shape index (κ2) is 5.53. The largest absolute Gasteiger partial charge is 0.354 e. The second-order valence-electron chi connectivity index (χ2n) is 5.07. The summed E-state index contributed by atoms with van der Waals surface area (Å²) >= 11 is 0. The molecule has 1 atom stereocenters. The normalized spacial score (nSPS) is 19.1. The lowest BCUT2D eigenvalue weighted by Gasteiger charge is -2.11. The number of hydrogen-bond donors (Lipinski definition) is 1. The van der Waals surface area contributed by atoms with Crippen LogP contribution in [0.15, 0.2) is 18.5 Å². The molecule has 0 aromatic carbocycles. The summed E-state index contributed by atoms with van der Waals surface area (Å²) in [7, 11) is 0. The molecule has 2 nitrogen and oxygen atoms in total. The van der Waals surface area contributed by atoms with Crippen LogP contribution in [-0.2, 0) is 6.54 Å². The molecule has 2 rings (SSSR count). The molecule has 1 heterocycles. The van der Waals surface area contributed by atoms with Crippen molar-refractivity contribution in [3.8, 4) is 0 Å². The van der Waals surface area contributed by atoms with Gasteiger partial charge in [-0.25, -0.2) is 0 Å². The Labute approximate surface area is 99.0 Å². The van der Waals surface area contributed by atoms with E-state index in [9.17, 15) is 0 Å². The maximum Gasteiger partial charge on any atom is 0.0306 e. The molecule has 1 aliphatic rings. The van der Waals surface area contributed by atoms with E-state index in [4.69, 9.17) is 0 Å². The van der Waals surface area contributed by atoms with Gasteiger partial charge in [0.05, 0.1) is 0 Å². The highest BCUT2D eigenvalue weighted by Gasteiger charge is 2.15. The predicted octanol–water partition coefficient (Wildman–Crippen LogP) is 3.35. The lowest BCUT2D eigenvalue weighted by molar-refractivity contribution is 0.457. The van der Waals surface area contributed by atoms with Crippen molar-refractivity contribution in [3.63, 3.8) is 0 Å². The topological polar surface area (TPSA) is 17.0 Å². The Morgan fingerprint density at radius 3 is 2.88 bits per heavy atom. The van der Waals surface area contributed by atoms with Gasteiger partial charge in [0.25, 0.3) is 0 Å². The van der Waals surface area contributed by atoms with Crippen molar-refractivity contribution in [1.82, 2.24) is 9.88 Å². The van der Waals surface area contributed by atoms with E-state index >= 15 is 0 Å². The summed E-state index contributed by atoms with van der Waals surface area (Å²) in [4.78, 5) is 0. The molecule has 1 saturated carbocycles. The van der Waals surface area contributed by atoms with Crippen molar-refractivity contribution in [1.29, 1.82) is 0 Å². The molecule has 1 unspecified atom stereocenters. The summed E-state index contributed by atoms with van der Waals surface area (Å²) < 4.78 is 2.37. The van der Waals surface area contributed by atoms with Gasteiger partial charge < -0.3 is 9.88 Å². The highest BCUT2D eigenvalue weighted by atomic mass is 15.0. The van der Waals surface area contributed by atoms with E-state index in [0.29, 0.717) is 6.04 Å². The van der Waals surface area contributed by atoms with Crippen molar-refractivity contribution < 1.29 is 0 Å². The summed E-state index contributed by atoms with van der Waals surface area (Å²) in [5, 5.41) is 3.46. The number of nitrogens with one attached hydrogen (secondary N) is 1. The lowest BCUT2D eigenvalue weighted by Crippen LogP contribution is -2.17. The lowest BCUT2D eigenvalue weighted by atomic mass is 10.1. The van der Waals surface area contributed by atoms with Gasteiger partial charge in [-0.1, -0.05) is 19.8 Å². The molecule has 1 aromatic heterocycles. The molecule has 0 bridgehead atoms. The number of nitrogens with zero attached hydrogens (tertiary/aromatic N) is 1. The van der Waals surface area contributed by atoms with Crippen LogP contribution in [0.4, 0.5) is 0 Å². The van der Waals surface area contributed by atoms with E-state index in [1.165, 1.54) is 37.8 Å². The molecule has 0 aliphatic heterocycles. The Kier molecular flexibility index (Phi) is 4.05. The fourth-order valence-corrected chi connectivity index (χ4v) is 2.74. The van der Waals surface area contributed by atoms with Gasteiger partial charge in [-0.2, -0.15) is 0 Å². The fourth-order valence-electron chi connectivity index (χ4n) is 2.74. The van der Waals surface area contributed by atoms with E-state index in [0.717, 1.165) is 12.5 Å². The van der Waals surface area contributed by atoms with Gasteiger partial charge in [0.2, 0.25) is 0 Å². The molecule has 0 saturated heterocycles. The molecule has 1 fully saturated rings. The minimum Gasteiger partial charge on any atom is -0.354 e. The number of hydrogen-bond acceptors (Lipinski definition) is 1. The van der Waals surface area contributed by atoms with Crippen molar-refractivity contribution in [2.45, 2.75) is 52.1 Å². The zero-order valence-electron chi connectivity index (χ0n) is 10.6. The summed E-state index contributed by atoms with van der Waals surface area (Å²) in [6, 6.07) is 2.73. The van der Waals surface area contributed by atoms with E-state index < -0.39 is 0 Å². The van der Waals surface area contributed by atoms with Crippen molar-refractivity contribution in [2.75, 3.05) is 6.54 Å². The first-order valence-electron chi connectivity index (χ1n) is 6.68. The quantitative estimate of drug-likeness (QED) is 0.805. The van der Waals surface area contributed by atoms with Gasteiger partial charge >= 0.3 is 0 Å². The smallest absolute Gasteiger partial charge is 0.0306 e. The van der Waals surface area contributed by atoms with Crippen LogP contribution in [0, 0.1) is 5.92 Å². The average Bonchev–Trinajstić information content (AvgIpc) is 2.90. The molecule has 90 valence electrons. The second-order valence-corrected chi connectivity index (χ2v) is 5.07. The maximum atomic E-state index is 3.46. The van der Waals surface area contributed by atoms with E-state index in [-0.39, 0.29) is 0 Å². The van der Waals surface area contributed by atoms with Crippen molar-refractivity contribution in [3.05, 3.63) is 24.0 Å². The van der Waals surface area contributed by atoms with Crippen LogP contribution in [0.25, 0.3) is 0 Å². The average molecular weight is 220 g/mol. The minimum absolute atomic E-state index is 0.481. The van der Waals surface area contributed by atoms with Crippen molar-refractivity contribution >= 4 is 0 Å². The molecule has 16 heavy (non-hydrogen) atoms. The molecule has 1 N–H and O–H groups in total. The van der Waals surface area contributed by atoms with Crippen LogP contribution in [0.3, 0.4) is 0 Å². The molecule has 1 aliphatic carbocycles. The summed E-state index contributed by atoms with van der Waals surface area (Å²) in [6.07, 6.45) is 10.3. The Bertz CT molecular complexity index is 310. The Morgan fingerprint density at radius 2 is 2.19 bits per heavy atom. The first-order chi connectivity index (χ1) is 7.79. The van der Waals surface area contributed by atoms with E-state index in [2.05, 4.69) is 42.2 Å². The Balaban J connectivity index is 1.90. The molecular formula is C14H24N2. The first-order valence-corrected chi connectivity index (χ1v) is 6.68. The zero-order valence-corrected chi connectivity index (χ0v) is 10.6. The molecule has 1 aromatic rings. The molecule has 0 amide bonds.